The van der Waals surface area contributed by atoms with Crippen LogP contribution in [0.3, 0.4) is 0 Å². The zero-order valence-electron chi connectivity index (χ0n) is 12.2. The van der Waals surface area contributed by atoms with Crippen molar-refractivity contribution < 1.29 is 14.7 Å². The molecule has 7 heteroatoms. The molecule has 1 saturated heterocycles. The van der Waals surface area contributed by atoms with Crippen molar-refractivity contribution in [2.24, 2.45) is 0 Å². The van der Waals surface area contributed by atoms with Crippen LogP contribution in [-0.2, 0) is 6.42 Å². The average molecular weight is 311 g/mol. The molecule has 1 fully saturated rings. The lowest BCUT2D eigenvalue weighted by molar-refractivity contribution is 0.0691. The highest BCUT2D eigenvalue weighted by molar-refractivity contribution is 7.09. The molecule has 0 radical (unpaired) electrons. The molecular weight excluding hydrogens is 290 g/mol. The van der Waals surface area contributed by atoms with Crippen LogP contribution in [-0.4, -0.2) is 46.1 Å². The van der Waals surface area contributed by atoms with Gasteiger partial charge in [0.1, 0.15) is 0 Å². The molecule has 116 valence electrons. The van der Waals surface area contributed by atoms with Crippen LogP contribution in [0, 0.1) is 0 Å². The van der Waals surface area contributed by atoms with E-state index in [1.165, 1.54) is 23.1 Å². The normalized spacial score (nSPS) is 18.5. The van der Waals surface area contributed by atoms with Gasteiger partial charge in [0, 0.05) is 30.9 Å². The second kappa shape index (κ2) is 7.40. The topological polar surface area (TPSA) is 82.5 Å². The van der Waals surface area contributed by atoms with Crippen LogP contribution in [0.15, 0.2) is 5.38 Å². The van der Waals surface area contributed by atoms with E-state index in [9.17, 15) is 9.59 Å². The van der Waals surface area contributed by atoms with Gasteiger partial charge in [-0.25, -0.2) is 14.6 Å². The number of carboxylic acid groups (broad SMARTS) is 1. The van der Waals surface area contributed by atoms with E-state index in [4.69, 9.17) is 5.11 Å². The van der Waals surface area contributed by atoms with E-state index in [1.807, 2.05) is 4.90 Å². The number of aromatic nitrogens is 1. The van der Waals surface area contributed by atoms with Gasteiger partial charge in [-0.15, -0.1) is 11.3 Å². The molecule has 1 aromatic rings. The van der Waals surface area contributed by atoms with Gasteiger partial charge in [0.25, 0.3) is 0 Å². The summed E-state index contributed by atoms with van der Waals surface area (Å²) in [5, 5.41) is 14.0. The molecular formula is C14H21N3O3S. The first-order valence-corrected chi connectivity index (χ1v) is 8.22. The summed E-state index contributed by atoms with van der Waals surface area (Å²) in [6, 6.07) is 0.328. The number of rotatable bonds is 5. The molecule has 2 heterocycles. The van der Waals surface area contributed by atoms with E-state index in [1.54, 1.807) is 0 Å². The third-order valence-electron chi connectivity index (χ3n) is 3.75. The molecule has 6 nitrogen and oxygen atoms in total. The Morgan fingerprint density at radius 2 is 2.33 bits per heavy atom. The van der Waals surface area contributed by atoms with Crippen LogP contribution in [0.4, 0.5) is 4.79 Å². The SMILES string of the molecule is CCC1CCCCN1C(=O)NCCc1nc(C(=O)O)cs1. The summed E-state index contributed by atoms with van der Waals surface area (Å²) in [6.45, 7) is 3.42. The summed E-state index contributed by atoms with van der Waals surface area (Å²) < 4.78 is 0. The number of nitrogens with zero attached hydrogens (tertiary/aromatic N) is 2. The average Bonchev–Trinajstić information content (AvgIpc) is 2.96. The fourth-order valence-corrected chi connectivity index (χ4v) is 3.37. The summed E-state index contributed by atoms with van der Waals surface area (Å²) >= 11 is 1.31. The van der Waals surface area contributed by atoms with E-state index in [2.05, 4.69) is 17.2 Å². The van der Waals surface area contributed by atoms with Gasteiger partial charge in [-0.3, -0.25) is 0 Å². The van der Waals surface area contributed by atoms with Gasteiger partial charge in [-0.1, -0.05) is 6.92 Å². The van der Waals surface area contributed by atoms with Gasteiger partial charge in [0.15, 0.2) is 5.69 Å². The number of hydrogen-bond acceptors (Lipinski definition) is 4. The minimum Gasteiger partial charge on any atom is -0.476 e. The lowest BCUT2D eigenvalue weighted by atomic mass is 10.0. The molecule has 0 bridgehead atoms. The number of amides is 2. The minimum absolute atomic E-state index is 0.0171. The molecule has 2 amide bonds. The summed E-state index contributed by atoms with van der Waals surface area (Å²) in [5.41, 5.74) is 0.0726. The van der Waals surface area contributed by atoms with Crippen molar-refractivity contribution in [3.05, 3.63) is 16.1 Å². The highest BCUT2D eigenvalue weighted by Crippen LogP contribution is 2.19. The summed E-state index contributed by atoms with van der Waals surface area (Å²) in [4.78, 5) is 28.8. The minimum atomic E-state index is -1.01. The fourth-order valence-electron chi connectivity index (χ4n) is 2.59. The van der Waals surface area contributed by atoms with Crippen molar-refractivity contribution in [3.63, 3.8) is 0 Å². The van der Waals surface area contributed by atoms with Gasteiger partial charge in [-0.2, -0.15) is 0 Å². The molecule has 0 saturated carbocycles. The van der Waals surface area contributed by atoms with Crippen LogP contribution in [0.1, 0.15) is 48.1 Å². The largest absolute Gasteiger partial charge is 0.476 e. The molecule has 21 heavy (non-hydrogen) atoms. The first kappa shape index (κ1) is 15.8. The van der Waals surface area contributed by atoms with Gasteiger partial charge in [-0.05, 0) is 25.7 Å². The molecule has 2 N–H and O–H groups in total. The number of aromatic carboxylic acids is 1. The number of piperidine rings is 1. The van der Waals surface area contributed by atoms with Gasteiger partial charge >= 0.3 is 12.0 Å². The molecule has 2 rings (SSSR count). The predicted molar refractivity (Wildman–Crippen MR) is 80.8 cm³/mol. The van der Waals surface area contributed by atoms with Crippen LogP contribution in [0.5, 0.6) is 0 Å². The molecule has 1 aliphatic heterocycles. The Hall–Kier alpha value is -1.63. The Morgan fingerprint density at radius 3 is 3.00 bits per heavy atom. The second-order valence-corrected chi connectivity index (χ2v) is 6.11. The van der Waals surface area contributed by atoms with Crippen molar-refractivity contribution in [1.29, 1.82) is 0 Å². The molecule has 1 aromatic heterocycles. The van der Waals surface area contributed by atoms with Crippen LogP contribution in [0.25, 0.3) is 0 Å². The van der Waals surface area contributed by atoms with E-state index >= 15 is 0 Å². The maximum Gasteiger partial charge on any atom is 0.355 e. The number of urea groups is 1. The molecule has 0 aromatic carbocycles. The standard InChI is InChI=1S/C14H21N3O3S/c1-2-10-5-3-4-8-17(10)14(20)15-7-6-12-16-11(9-21-12)13(18)19/h9-10H,2-8H2,1H3,(H,15,20)(H,18,19). The molecule has 0 spiro atoms. The second-order valence-electron chi connectivity index (χ2n) is 5.16. The number of carbonyl (C=O) groups excluding carboxylic acids is 1. The highest BCUT2D eigenvalue weighted by atomic mass is 32.1. The Bertz CT molecular complexity index is 503. The number of nitrogens with one attached hydrogen (secondary N) is 1. The predicted octanol–water partition coefficient (Wildman–Crippen LogP) is 2.36. The zero-order valence-corrected chi connectivity index (χ0v) is 13.0. The van der Waals surface area contributed by atoms with Crippen molar-refractivity contribution in [3.8, 4) is 0 Å². The van der Waals surface area contributed by atoms with Crippen molar-refractivity contribution >= 4 is 23.3 Å². The molecule has 1 unspecified atom stereocenters. The quantitative estimate of drug-likeness (QED) is 0.874. The lowest BCUT2D eigenvalue weighted by Gasteiger charge is -2.35. The fraction of sp³-hybridized carbons (Fsp3) is 0.643. The third kappa shape index (κ3) is 4.17. The maximum atomic E-state index is 12.2. The smallest absolute Gasteiger partial charge is 0.355 e. The van der Waals surface area contributed by atoms with E-state index in [-0.39, 0.29) is 11.7 Å². The zero-order chi connectivity index (χ0) is 15.2. The monoisotopic (exact) mass is 311 g/mol. The number of hydrogen-bond donors (Lipinski definition) is 2. The van der Waals surface area contributed by atoms with Crippen molar-refractivity contribution in [1.82, 2.24) is 15.2 Å². The Labute approximate surface area is 128 Å². The Kier molecular flexibility index (Phi) is 5.55. The van der Waals surface area contributed by atoms with Gasteiger partial charge in [0.2, 0.25) is 0 Å². The third-order valence-corrected chi connectivity index (χ3v) is 4.65. The summed E-state index contributed by atoms with van der Waals surface area (Å²) in [5.74, 6) is -1.01. The maximum absolute atomic E-state index is 12.2. The lowest BCUT2D eigenvalue weighted by Crippen LogP contribution is -2.48. The van der Waals surface area contributed by atoms with Crippen molar-refractivity contribution in [2.75, 3.05) is 13.1 Å². The Balaban J connectivity index is 1.79. The van der Waals surface area contributed by atoms with E-state index in [0.717, 1.165) is 30.8 Å². The van der Waals surface area contributed by atoms with Gasteiger partial charge < -0.3 is 15.3 Å². The molecule has 0 aliphatic carbocycles. The molecule has 1 aliphatic rings. The number of carboxylic acids is 1. The van der Waals surface area contributed by atoms with Crippen LogP contribution in [0.2, 0.25) is 0 Å². The first-order valence-electron chi connectivity index (χ1n) is 7.34. The van der Waals surface area contributed by atoms with Gasteiger partial charge in [0.05, 0.1) is 5.01 Å². The number of carbonyl (C=O) groups is 2. The number of likely N-dealkylation sites (tertiary alicyclic amines) is 1. The molecule has 1 atom stereocenters. The number of thiazole rings is 1. The summed E-state index contributed by atoms with van der Waals surface area (Å²) in [7, 11) is 0. The van der Waals surface area contributed by atoms with E-state index < -0.39 is 5.97 Å². The Morgan fingerprint density at radius 1 is 1.52 bits per heavy atom. The highest BCUT2D eigenvalue weighted by Gasteiger charge is 2.24. The first-order chi connectivity index (χ1) is 10.1. The van der Waals surface area contributed by atoms with Crippen LogP contribution < -0.4 is 5.32 Å². The van der Waals surface area contributed by atoms with E-state index in [0.29, 0.717) is 19.0 Å². The van der Waals surface area contributed by atoms with Crippen molar-refractivity contribution in [2.45, 2.75) is 45.1 Å². The summed E-state index contributed by atoms with van der Waals surface area (Å²) in [6.07, 6.45) is 4.90. The van der Waals surface area contributed by atoms with Crippen LogP contribution >= 0.6 is 11.3 Å².